The summed E-state index contributed by atoms with van der Waals surface area (Å²) in [5.41, 5.74) is 0. The van der Waals surface area contributed by atoms with Gasteiger partial charge in [-0.2, -0.15) is 0 Å². The van der Waals surface area contributed by atoms with Gasteiger partial charge >= 0.3 is 0 Å². The lowest BCUT2D eigenvalue weighted by Gasteiger charge is -2.22. The molecule has 1 rings (SSSR count). The molecular weight excluding hydrogens is 216 g/mol. The molecule has 0 fully saturated rings. The van der Waals surface area contributed by atoms with Crippen molar-refractivity contribution in [1.82, 2.24) is 4.90 Å². The highest BCUT2D eigenvalue weighted by Crippen LogP contribution is 2.21. The highest BCUT2D eigenvalue weighted by atomic mass is 19.3. The van der Waals surface area contributed by atoms with Gasteiger partial charge in [-0.15, -0.1) is 0 Å². The molecule has 3 nitrogen and oxygen atoms in total. The van der Waals surface area contributed by atoms with Crippen molar-refractivity contribution in [1.29, 1.82) is 0 Å². The van der Waals surface area contributed by atoms with Crippen LogP contribution in [0.2, 0.25) is 0 Å². The SMILES string of the molecule is O=C(CC1C=CCC1)N(CCO)CC(F)F. The summed E-state index contributed by atoms with van der Waals surface area (Å²) in [6.07, 6.45) is 3.54. The quantitative estimate of drug-likeness (QED) is 0.705. The van der Waals surface area contributed by atoms with Crippen LogP contribution in [0.3, 0.4) is 0 Å². The fourth-order valence-corrected chi connectivity index (χ4v) is 1.82. The van der Waals surface area contributed by atoms with Crippen LogP contribution in [0.5, 0.6) is 0 Å². The van der Waals surface area contributed by atoms with E-state index in [0.717, 1.165) is 17.7 Å². The first kappa shape index (κ1) is 13.1. The summed E-state index contributed by atoms with van der Waals surface area (Å²) in [7, 11) is 0. The van der Waals surface area contributed by atoms with Crippen molar-refractivity contribution in [3.63, 3.8) is 0 Å². The van der Waals surface area contributed by atoms with Crippen LogP contribution in [0, 0.1) is 5.92 Å². The molecule has 0 radical (unpaired) electrons. The van der Waals surface area contributed by atoms with Gasteiger partial charge in [-0.3, -0.25) is 4.79 Å². The number of hydrogen-bond acceptors (Lipinski definition) is 2. The zero-order valence-corrected chi connectivity index (χ0v) is 9.11. The lowest BCUT2D eigenvalue weighted by atomic mass is 10.0. The summed E-state index contributed by atoms with van der Waals surface area (Å²) in [5.74, 6) is -0.128. The Morgan fingerprint density at radius 2 is 2.31 bits per heavy atom. The van der Waals surface area contributed by atoms with Gasteiger partial charge in [0, 0.05) is 13.0 Å². The molecule has 1 unspecified atom stereocenters. The van der Waals surface area contributed by atoms with Gasteiger partial charge < -0.3 is 10.0 Å². The second kappa shape index (κ2) is 6.58. The maximum absolute atomic E-state index is 12.2. The zero-order valence-electron chi connectivity index (χ0n) is 9.11. The van der Waals surface area contributed by atoms with Gasteiger partial charge in [-0.25, -0.2) is 8.78 Å². The molecule has 0 spiro atoms. The van der Waals surface area contributed by atoms with Crippen LogP contribution in [-0.4, -0.2) is 42.0 Å². The van der Waals surface area contributed by atoms with E-state index in [1.54, 1.807) is 0 Å². The molecule has 1 aliphatic carbocycles. The van der Waals surface area contributed by atoms with Gasteiger partial charge in [0.1, 0.15) is 0 Å². The average Bonchev–Trinajstić information content (AvgIpc) is 2.69. The molecule has 1 aliphatic rings. The van der Waals surface area contributed by atoms with Crippen LogP contribution in [0.1, 0.15) is 19.3 Å². The van der Waals surface area contributed by atoms with Crippen LogP contribution in [0.4, 0.5) is 8.78 Å². The monoisotopic (exact) mass is 233 g/mol. The van der Waals surface area contributed by atoms with Crippen LogP contribution >= 0.6 is 0 Å². The molecule has 0 aliphatic heterocycles. The van der Waals surface area contributed by atoms with Crippen molar-refractivity contribution in [2.45, 2.75) is 25.7 Å². The molecule has 0 heterocycles. The van der Waals surface area contributed by atoms with Crippen molar-refractivity contribution in [3.05, 3.63) is 12.2 Å². The molecule has 1 atom stereocenters. The number of rotatable bonds is 6. The topological polar surface area (TPSA) is 40.5 Å². The molecular formula is C11H17F2NO2. The number of allylic oxidation sites excluding steroid dienone is 2. The minimum atomic E-state index is -2.55. The fraction of sp³-hybridized carbons (Fsp3) is 0.727. The van der Waals surface area contributed by atoms with Crippen molar-refractivity contribution < 1.29 is 18.7 Å². The van der Waals surface area contributed by atoms with E-state index in [1.807, 2.05) is 12.2 Å². The van der Waals surface area contributed by atoms with Gasteiger partial charge in [0.25, 0.3) is 6.43 Å². The second-order valence-electron chi connectivity index (χ2n) is 3.92. The summed E-state index contributed by atoms with van der Waals surface area (Å²) in [4.78, 5) is 12.7. The van der Waals surface area contributed by atoms with Crippen molar-refractivity contribution >= 4 is 5.91 Å². The fourth-order valence-electron chi connectivity index (χ4n) is 1.82. The largest absolute Gasteiger partial charge is 0.395 e. The van der Waals surface area contributed by atoms with Crippen molar-refractivity contribution in [2.75, 3.05) is 19.7 Å². The number of alkyl halides is 2. The van der Waals surface area contributed by atoms with Gasteiger partial charge in [0.15, 0.2) is 0 Å². The Hall–Kier alpha value is -0.970. The standard InChI is InChI=1S/C11H17F2NO2/c12-10(13)8-14(5-6-15)11(16)7-9-3-1-2-4-9/h1,3,9-10,15H,2,4-8H2. The third-order valence-electron chi connectivity index (χ3n) is 2.63. The van der Waals surface area contributed by atoms with E-state index in [4.69, 9.17) is 5.11 Å². The lowest BCUT2D eigenvalue weighted by molar-refractivity contribution is -0.134. The molecule has 0 saturated heterocycles. The Kier molecular flexibility index (Phi) is 5.38. The predicted molar refractivity (Wildman–Crippen MR) is 56.2 cm³/mol. The van der Waals surface area contributed by atoms with E-state index in [2.05, 4.69) is 0 Å². The van der Waals surface area contributed by atoms with E-state index >= 15 is 0 Å². The molecule has 0 saturated carbocycles. The third-order valence-corrected chi connectivity index (χ3v) is 2.63. The number of hydrogen-bond donors (Lipinski definition) is 1. The summed E-state index contributed by atoms with van der Waals surface area (Å²) in [6, 6.07) is 0. The average molecular weight is 233 g/mol. The maximum atomic E-state index is 12.2. The lowest BCUT2D eigenvalue weighted by Crippen LogP contribution is -2.37. The number of amides is 1. The van der Waals surface area contributed by atoms with Gasteiger partial charge in [-0.1, -0.05) is 12.2 Å². The molecule has 0 aromatic carbocycles. The number of aliphatic hydroxyl groups is 1. The number of nitrogens with zero attached hydrogens (tertiary/aromatic N) is 1. The van der Waals surface area contributed by atoms with Gasteiger partial charge in [0.05, 0.1) is 13.2 Å². The summed E-state index contributed by atoms with van der Waals surface area (Å²) >= 11 is 0. The smallest absolute Gasteiger partial charge is 0.255 e. The van der Waals surface area contributed by atoms with Gasteiger partial charge in [0.2, 0.25) is 5.91 Å². The number of carbonyl (C=O) groups is 1. The minimum Gasteiger partial charge on any atom is -0.395 e. The predicted octanol–water partition coefficient (Wildman–Crippen LogP) is 1.43. The normalized spacial score (nSPS) is 19.4. The van der Waals surface area contributed by atoms with E-state index in [-0.39, 0.29) is 31.4 Å². The highest BCUT2D eigenvalue weighted by molar-refractivity contribution is 5.76. The minimum absolute atomic E-state index is 0.0143. The van der Waals surface area contributed by atoms with E-state index in [9.17, 15) is 13.6 Å². The molecule has 92 valence electrons. The van der Waals surface area contributed by atoms with E-state index in [0.29, 0.717) is 0 Å². The molecule has 1 amide bonds. The first-order valence-electron chi connectivity index (χ1n) is 5.47. The Morgan fingerprint density at radius 1 is 1.56 bits per heavy atom. The molecule has 5 heteroatoms. The maximum Gasteiger partial charge on any atom is 0.255 e. The van der Waals surface area contributed by atoms with Crippen LogP contribution < -0.4 is 0 Å². The number of aliphatic hydroxyl groups excluding tert-OH is 1. The van der Waals surface area contributed by atoms with E-state index < -0.39 is 13.0 Å². The summed E-state index contributed by atoms with van der Waals surface area (Å²) in [5, 5.41) is 8.71. The molecule has 1 N–H and O–H groups in total. The molecule has 0 aromatic rings. The van der Waals surface area contributed by atoms with Crippen molar-refractivity contribution in [2.24, 2.45) is 5.92 Å². The molecule has 0 bridgehead atoms. The number of halogens is 2. The van der Waals surface area contributed by atoms with Crippen molar-refractivity contribution in [3.8, 4) is 0 Å². The molecule has 16 heavy (non-hydrogen) atoms. The Balaban J connectivity index is 2.42. The first-order valence-corrected chi connectivity index (χ1v) is 5.47. The zero-order chi connectivity index (χ0) is 12.0. The van der Waals surface area contributed by atoms with Crippen LogP contribution in [0.15, 0.2) is 12.2 Å². The molecule has 0 aromatic heterocycles. The Labute approximate surface area is 93.7 Å². The first-order chi connectivity index (χ1) is 7.63. The number of carbonyl (C=O) groups excluding carboxylic acids is 1. The van der Waals surface area contributed by atoms with Crippen LogP contribution in [-0.2, 0) is 4.79 Å². The summed E-state index contributed by atoms with van der Waals surface area (Å²) < 4.78 is 24.4. The van der Waals surface area contributed by atoms with E-state index in [1.165, 1.54) is 0 Å². The Bertz CT molecular complexity index is 256. The van der Waals surface area contributed by atoms with Gasteiger partial charge in [-0.05, 0) is 18.8 Å². The summed E-state index contributed by atoms with van der Waals surface area (Å²) in [6.45, 7) is -0.881. The third kappa shape index (κ3) is 4.26. The second-order valence-corrected chi connectivity index (χ2v) is 3.92. The highest BCUT2D eigenvalue weighted by Gasteiger charge is 2.21. The Morgan fingerprint density at radius 3 is 2.81 bits per heavy atom. The van der Waals surface area contributed by atoms with Crippen LogP contribution in [0.25, 0.3) is 0 Å².